The van der Waals surface area contributed by atoms with Gasteiger partial charge in [-0.1, -0.05) is 11.6 Å². The quantitative estimate of drug-likeness (QED) is 0.911. The van der Waals surface area contributed by atoms with Crippen LogP contribution in [-0.2, 0) is 0 Å². The normalized spacial score (nSPS) is 9.90. The topological polar surface area (TPSA) is 52.9 Å². The zero-order valence-electron chi connectivity index (χ0n) is 10.6. The molecule has 0 radical (unpaired) electrons. The Hall–Kier alpha value is -2.38. The van der Waals surface area contributed by atoms with E-state index >= 15 is 0 Å². The van der Waals surface area contributed by atoms with Crippen LogP contribution in [0.25, 0.3) is 0 Å². The molecule has 0 bridgehead atoms. The van der Waals surface area contributed by atoms with Crippen molar-refractivity contribution in [3.8, 4) is 6.07 Å². The maximum Gasteiger partial charge on any atom is 0.255 e. The number of nitrogens with zero attached hydrogens (tertiary/aromatic N) is 1. The van der Waals surface area contributed by atoms with Crippen molar-refractivity contribution in [2.75, 3.05) is 5.32 Å². The highest BCUT2D eigenvalue weighted by Crippen LogP contribution is 2.19. The lowest BCUT2D eigenvalue weighted by Gasteiger charge is -2.08. The van der Waals surface area contributed by atoms with E-state index in [4.69, 9.17) is 16.9 Å². The van der Waals surface area contributed by atoms with Crippen molar-refractivity contribution in [1.82, 2.24) is 0 Å². The standard InChI is InChI=1S/C15H10ClFN2O/c1-9-4-10(6-12(16)5-9)15(20)19-14-3-2-13(17)7-11(14)8-18/h2-7H,1H3,(H,19,20). The van der Waals surface area contributed by atoms with Gasteiger partial charge in [0.15, 0.2) is 0 Å². The Bertz CT molecular complexity index is 702. The third kappa shape index (κ3) is 3.14. The SMILES string of the molecule is Cc1cc(Cl)cc(C(=O)Nc2ccc(F)cc2C#N)c1. The van der Waals surface area contributed by atoms with Crippen LogP contribution in [0.1, 0.15) is 21.5 Å². The summed E-state index contributed by atoms with van der Waals surface area (Å²) in [6.07, 6.45) is 0. The molecular weight excluding hydrogens is 279 g/mol. The average molecular weight is 289 g/mol. The number of carbonyl (C=O) groups is 1. The molecule has 0 saturated carbocycles. The maximum absolute atomic E-state index is 13.0. The summed E-state index contributed by atoms with van der Waals surface area (Å²) in [5.74, 6) is -0.933. The highest BCUT2D eigenvalue weighted by atomic mass is 35.5. The molecule has 5 heteroatoms. The van der Waals surface area contributed by atoms with E-state index in [1.807, 2.05) is 13.0 Å². The van der Waals surface area contributed by atoms with E-state index in [0.717, 1.165) is 11.6 Å². The zero-order chi connectivity index (χ0) is 14.7. The highest BCUT2D eigenvalue weighted by Gasteiger charge is 2.11. The average Bonchev–Trinajstić information content (AvgIpc) is 2.39. The van der Waals surface area contributed by atoms with Crippen molar-refractivity contribution in [3.05, 3.63) is 63.9 Å². The first-order chi connectivity index (χ1) is 9.49. The number of anilines is 1. The Morgan fingerprint density at radius 2 is 2.05 bits per heavy atom. The number of hydrogen-bond donors (Lipinski definition) is 1. The Morgan fingerprint density at radius 1 is 1.30 bits per heavy atom. The van der Waals surface area contributed by atoms with Gasteiger partial charge in [0, 0.05) is 10.6 Å². The van der Waals surface area contributed by atoms with Crippen LogP contribution in [0.15, 0.2) is 36.4 Å². The molecule has 0 spiro atoms. The van der Waals surface area contributed by atoms with Crippen LogP contribution < -0.4 is 5.32 Å². The number of hydrogen-bond acceptors (Lipinski definition) is 2. The predicted octanol–water partition coefficient (Wildman–Crippen LogP) is 3.91. The molecule has 0 aliphatic rings. The van der Waals surface area contributed by atoms with Gasteiger partial charge >= 0.3 is 0 Å². The largest absolute Gasteiger partial charge is 0.321 e. The second kappa shape index (κ2) is 5.72. The third-order valence-electron chi connectivity index (χ3n) is 2.65. The van der Waals surface area contributed by atoms with Gasteiger partial charge < -0.3 is 5.32 Å². The first-order valence-corrected chi connectivity index (χ1v) is 6.15. The van der Waals surface area contributed by atoms with E-state index in [2.05, 4.69) is 5.32 Å². The van der Waals surface area contributed by atoms with E-state index in [1.165, 1.54) is 18.2 Å². The highest BCUT2D eigenvalue weighted by molar-refractivity contribution is 6.31. The Labute approximate surface area is 120 Å². The summed E-state index contributed by atoms with van der Waals surface area (Å²) in [5.41, 5.74) is 1.55. The van der Waals surface area contributed by atoms with Crippen LogP contribution in [0.2, 0.25) is 5.02 Å². The molecule has 0 aliphatic carbocycles. The minimum atomic E-state index is -0.529. The van der Waals surface area contributed by atoms with Crippen LogP contribution in [0, 0.1) is 24.1 Å². The molecule has 0 atom stereocenters. The summed E-state index contributed by atoms with van der Waals surface area (Å²) in [6.45, 7) is 1.82. The lowest BCUT2D eigenvalue weighted by Crippen LogP contribution is -2.13. The van der Waals surface area contributed by atoms with Gasteiger partial charge in [0.05, 0.1) is 11.3 Å². The number of rotatable bonds is 2. The number of amides is 1. The predicted molar refractivity (Wildman–Crippen MR) is 75.3 cm³/mol. The molecule has 0 unspecified atom stereocenters. The minimum absolute atomic E-state index is 0.0668. The van der Waals surface area contributed by atoms with Crippen molar-refractivity contribution in [2.45, 2.75) is 6.92 Å². The van der Waals surface area contributed by atoms with Crippen LogP contribution >= 0.6 is 11.6 Å². The maximum atomic E-state index is 13.0. The Morgan fingerprint density at radius 3 is 2.70 bits per heavy atom. The molecule has 0 aliphatic heterocycles. The molecule has 2 aromatic carbocycles. The fourth-order valence-corrected chi connectivity index (χ4v) is 2.07. The molecule has 0 aromatic heterocycles. The molecule has 2 aromatic rings. The third-order valence-corrected chi connectivity index (χ3v) is 2.87. The van der Waals surface area contributed by atoms with Gasteiger partial charge in [0.25, 0.3) is 5.91 Å². The van der Waals surface area contributed by atoms with Crippen molar-refractivity contribution < 1.29 is 9.18 Å². The molecule has 20 heavy (non-hydrogen) atoms. The smallest absolute Gasteiger partial charge is 0.255 e. The summed E-state index contributed by atoms with van der Waals surface area (Å²) < 4.78 is 13.0. The van der Waals surface area contributed by atoms with E-state index < -0.39 is 11.7 Å². The number of benzene rings is 2. The number of carbonyl (C=O) groups excluding carboxylic acids is 1. The van der Waals surface area contributed by atoms with E-state index in [1.54, 1.807) is 12.1 Å². The molecule has 100 valence electrons. The first kappa shape index (κ1) is 14.0. The van der Waals surface area contributed by atoms with Crippen LogP contribution in [0.5, 0.6) is 0 Å². The molecule has 0 saturated heterocycles. The summed E-state index contributed by atoms with van der Waals surface area (Å²) in [6, 6.07) is 10.4. The van der Waals surface area contributed by atoms with Gasteiger partial charge in [0.2, 0.25) is 0 Å². The van der Waals surface area contributed by atoms with Gasteiger partial charge in [-0.2, -0.15) is 5.26 Å². The van der Waals surface area contributed by atoms with Crippen LogP contribution in [-0.4, -0.2) is 5.91 Å². The number of aryl methyl sites for hydroxylation is 1. The molecule has 2 rings (SSSR count). The van der Waals surface area contributed by atoms with Gasteiger partial charge in [0.1, 0.15) is 11.9 Å². The van der Waals surface area contributed by atoms with Crippen LogP contribution in [0.4, 0.5) is 10.1 Å². The summed E-state index contributed by atoms with van der Waals surface area (Å²) in [7, 11) is 0. The van der Waals surface area contributed by atoms with E-state index in [-0.39, 0.29) is 11.3 Å². The van der Waals surface area contributed by atoms with Crippen molar-refractivity contribution in [1.29, 1.82) is 5.26 Å². The first-order valence-electron chi connectivity index (χ1n) is 5.78. The van der Waals surface area contributed by atoms with Crippen molar-refractivity contribution in [2.24, 2.45) is 0 Å². The van der Waals surface area contributed by atoms with Crippen LogP contribution in [0.3, 0.4) is 0 Å². The molecule has 1 amide bonds. The fraction of sp³-hybridized carbons (Fsp3) is 0.0667. The van der Waals surface area contributed by atoms with Gasteiger partial charge in [-0.05, 0) is 48.9 Å². The molecular formula is C15H10ClFN2O. The summed E-state index contributed by atoms with van der Waals surface area (Å²) >= 11 is 5.89. The number of nitrogens with one attached hydrogen (secondary N) is 1. The molecule has 1 N–H and O–H groups in total. The fourth-order valence-electron chi connectivity index (χ4n) is 1.78. The zero-order valence-corrected chi connectivity index (χ0v) is 11.3. The Kier molecular flexibility index (Phi) is 4.02. The van der Waals surface area contributed by atoms with Gasteiger partial charge in [-0.25, -0.2) is 4.39 Å². The summed E-state index contributed by atoms with van der Waals surface area (Å²) in [5, 5.41) is 12.0. The van der Waals surface area contributed by atoms with E-state index in [9.17, 15) is 9.18 Å². The molecule has 3 nitrogen and oxygen atoms in total. The Balaban J connectivity index is 2.30. The summed E-state index contributed by atoms with van der Waals surface area (Å²) in [4.78, 5) is 12.1. The number of nitriles is 1. The van der Waals surface area contributed by atoms with Gasteiger partial charge in [-0.3, -0.25) is 4.79 Å². The van der Waals surface area contributed by atoms with Gasteiger partial charge in [-0.15, -0.1) is 0 Å². The monoisotopic (exact) mass is 288 g/mol. The second-order valence-electron chi connectivity index (χ2n) is 4.27. The lowest BCUT2D eigenvalue weighted by atomic mass is 10.1. The van der Waals surface area contributed by atoms with E-state index in [0.29, 0.717) is 10.6 Å². The lowest BCUT2D eigenvalue weighted by molar-refractivity contribution is 0.102. The van der Waals surface area contributed by atoms with Crippen molar-refractivity contribution in [3.63, 3.8) is 0 Å². The minimum Gasteiger partial charge on any atom is -0.321 e. The second-order valence-corrected chi connectivity index (χ2v) is 4.71. The molecule has 0 heterocycles. The molecule has 0 fully saturated rings. The number of halogens is 2. The van der Waals surface area contributed by atoms with Crippen molar-refractivity contribution >= 4 is 23.2 Å².